The standard InChI is InChI=1S/C4H8O2.C4H8/c1-3-4(5)6-2;1-4-2-3-4/h3H2,1-2H3;4H,2-3H2,1H3. The number of carbonyl (C=O) groups is 1. The van der Waals surface area contributed by atoms with Crippen LogP contribution in [0.1, 0.15) is 33.1 Å². The summed E-state index contributed by atoms with van der Waals surface area (Å²) in [5.41, 5.74) is 0. The van der Waals surface area contributed by atoms with Crippen molar-refractivity contribution in [2.75, 3.05) is 7.11 Å². The van der Waals surface area contributed by atoms with Gasteiger partial charge < -0.3 is 4.74 Å². The fraction of sp³-hybridized carbons (Fsp3) is 0.875. The minimum Gasteiger partial charge on any atom is -0.469 e. The molecule has 0 spiro atoms. The highest BCUT2D eigenvalue weighted by Gasteiger charge is 2.12. The van der Waals surface area contributed by atoms with Gasteiger partial charge in [0.1, 0.15) is 0 Å². The third kappa shape index (κ3) is 7.47. The summed E-state index contributed by atoms with van der Waals surface area (Å²) in [4.78, 5) is 9.96. The lowest BCUT2D eigenvalue weighted by Gasteiger charge is -1.87. The van der Waals surface area contributed by atoms with E-state index in [-0.39, 0.29) is 5.97 Å². The molecular weight excluding hydrogens is 128 g/mol. The smallest absolute Gasteiger partial charge is 0.305 e. The Morgan fingerprint density at radius 2 is 2.00 bits per heavy atom. The Bertz CT molecular complexity index is 89.4. The van der Waals surface area contributed by atoms with Crippen molar-refractivity contribution in [1.29, 1.82) is 0 Å². The highest BCUT2D eigenvalue weighted by molar-refractivity contribution is 5.68. The molecule has 0 bridgehead atoms. The van der Waals surface area contributed by atoms with E-state index in [1.807, 2.05) is 0 Å². The minimum atomic E-state index is -0.157. The van der Waals surface area contributed by atoms with Crippen LogP contribution in [0.3, 0.4) is 0 Å². The summed E-state index contributed by atoms with van der Waals surface area (Å²) >= 11 is 0. The second-order valence-corrected chi connectivity index (χ2v) is 2.61. The van der Waals surface area contributed by atoms with Crippen molar-refractivity contribution in [1.82, 2.24) is 0 Å². The highest BCUT2D eigenvalue weighted by Crippen LogP contribution is 2.26. The van der Waals surface area contributed by atoms with Gasteiger partial charge in [0.15, 0.2) is 0 Å². The first-order valence-corrected chi connectivity index (χ1v) is 3.77. The maximum absolute atomic E-state index is 9.96. The number of hydrogen-bond donors (Lipinski definition) is 0. The average molecular weight is 144 g/mol. The summed E-state index contributed by atoms with van der Waals surface area (Å²) in [6.45, 7) is 4.03. The first-order chi connectivity index (χ1) is 4.70. The van der Waals surface area contributed by atoms with Gasteiger partial charge >= 0.3 is 5.97 Å². The molecule has 0 heterocycles. The molecular formula is C8H16O2. The molecule has 0 aromatic carbocycles. The van der Waals surface area contributed by atoms with Crippen molar-refractivity contribution in [2.45, 2.75) is 33.1 Å². The second-order valence-electron chi connectivity index (χ2n) is 2.61. The molecule has 0 unspecified atom stereocenters. The molecule has 2 heteroatoms. The van der Waals surface area contributed by atoms with Crippen LogP contribution in [0.5, 0.6) is 0 Å². The van der Waals surface area contributed by atoms with E-state index >= 15 is 0 Å². The Morgan fingerprint density at radius 1 is 1.60 bits per heavy atom. The van der Waals surface area contributed by atoms with Crippen LogP contribution in [-0.2, 0) is 9.53 Å². The zero-order chi connectivity index (χ0) is 7.98. The van der Waals surface area contributed by atoms with Crippen molar-refractivity contribution >= 4 is 5.97 Å². The molecule has 0 saturated heterocycles. The van der Waals surface area contributed by atoms with Gasteiger partial charge in [-0.1, -0.05) is 26.7 Å². The molecule has 60 valence electrons. The summed E-state index contributed by atoms with van der Waals surface area (Å²) in [6, 6.07) is 0. The summed E-state index contributed by atoms with van der Waals surface area (Å²) in [6.07, 6.45) is 3.44. The van der Waals surface area contributed by atoms with Crippen LogP contribution >= 0.6 is 0 Å². The molecule has 1 aliphatic rings. The number of carbonyl (C=O) groups excluding carboxylic acids is 1. The van der Waals surface area contributed by atoms with Gasteiger partial charge in [-0.05, 0) is 5.92 Å². The van der Waals surface area contributed by atoms with Gasteiger partial charge in [0.2, 0.25) is 0 Å². The maximum atomic E-state index is 9.96. The Labute approximate surface area is 62.6 Å². The average Bonchev–Trinajstić information content (AvgIpc) is 2.71. The van der Waals surface area contributed by atoms with E-state index in [4.69, 9.17) is 0 Å². The molecule has 0 aromatic rings. The molecule has 10 heavy (non-hydrogen) atoms. The van der Waals surface area contributed by atoms with E-state index < -0.39 is 0 Å². The molecule has 2 nitrogen and oxygen atoms in total. The Morgan fingerprint density at radius 3 is 2.00 bits per heavy atom. The predicted octanol–water partition coefficient (Wildman–Crippen LogP) is 1.99. The normalized spacial score (nSPS) is 15.1. The fourth-order valence-electron chi connectivity index (χ4n) is 0.311. The summed E-state index contributed by atoms with van der Waals surface area (Å²) in [5.74, 6) is 0.926. The molecule has 0 aromatic heterocycles. The third-order valence-corrected chi connectivity index (χ3v) is 1.38. The van der Waals surface area contributed by atoms with E-state index in [0.717, 1.165) is 5.92 Å². The lowest BCUT2D eigenvalue weighted by Crippen LogP contribution is -1.94. The second kappa shape index (κ2) is 5.27. The van der Waals surface area contributed by atoms with E-state index in [1.54, 1.807) is 6.92 Å². The van der Waals surface area contributed by atoms with Crippen LogP contribution in [0, 0.1) is 5.92 Å². The number of methoxy groups -OCH3 is 1. The van der Waals surface area contributed by atoms with E-state index in [2.05, 4.69) is 11.7 Å². The molecule has 0 aliphatic heterocycles. The molecule has 1 fully saturated rings. The maximum Gasteiger partial charge on any atom is 0.305 e. The lowest BCUT2D eigenvalue weighted by molar-refractivity contribution is -0.140. The number of rotatable bonds is 1. The van der Waals surface area contributed by atoms with Crippen molar-refractivity contribution in [3.63, 3.8) is 0 Å². The molecule has 1 saturated carbocycles. The highest BCUT2D eigenvalue weighted by atomic mass is 16.5. The van der Waals surface area contributed by atoms with Crippen LogP contribution in [0.4, 0.5) is 0 Å². The topological polar surface area (TPSA) is 26.3 Å². The quantitative estimate of drug-likeness (QED) is 0.526. The van der Waals surface area contributed by atoms with Crippen LogP contribution < -0.4 is 0 Å². The van der Waals surface area contributed by atoms with Gasteiger partial charge in [-0.3, -0.25) is 4.79 Å². The number of hydrogen-bond acceptors (Lipinski definition) is 2. The molecule has 1 aliphatic carbocycles. The number of ether oxygens (including phenoxy) is 1. The lowest BCUT2D eigenvalue weighted by atomic mass is 10.5. The molecule has 0 radical (unpaired) electrons. The van der Waals surface area contributed by atoms with Gasteiger partial charge in [-0.15, -0.1) is 0 Å². The van der Waals surface area contributed by atoms with Gasteiger partial charge in [-0.25, -0.2) is 0 Å². The van der Waals surface area contributed by atoms with Crippen LogP contribution in [0.15, 0.2) is 0 Å². The van der Waals surface area contributed by atoms with Crippen molar-refractivity contribution in [2.24, 2.45) is 5.92 Å². The van der Waals surface area contributed by atoms with Crippen molar-refractivity contribution in [3.8, 4) is 0 Å². The van der Waals surface area contributed by atoms with E-state index in [0.29, 0.717) is 6.42 Å². The van der Waals surface area contributed by atoms with E-state index in [1.165, 1.54) is 20.0 Å². The zero-order valence-corrected chi connectivity index (χ0v) is 7.02. The molecule has 1 rings (SSSR count). The van der Waals surface area contributed by atoms with Gasteiger partial charge in [0.25, 0.3) is 0 Å². The predicted molar refractivity (Wildman–Crippen MR) is 40.7 cm³/mol. The summed E-state index contributed by atoms with van der Waals surface area (Å²) < 4.78 is 4.26. The van der Waals surface area contributed by atoms with Crippen molar-refractivity contribution in [3.05, 3.63) is 0 Å². The van der Waals surface area contributed by atoms with Crippen LogP contribution in [-0.4, -0.2) is 13.1 Å². The molecule has 0 atom stereocenters. The Kier molecular flexibility index (Phi) is 4.99. The first kappa shape index (κ1) is 9.47. The SMILES string of the molecule is CC1CC1.CCC(=O)OC. The first-order valence-electron chi connectivity index (χ1n) is 3.77. The largest absolute Gasteiger partial charge is 0.469 e. The van der Waals surface area contributed by atoms with Crippen LogP contribution in [0.2, 0.25) is 0 Å². The summed E-state index contributed by atoms with van der Waals surface area (Å²) in [7, 11) is 1.38. The Hall–Kier alpha value is -0.530. The van der Waals surface area contributed by atoms with Gasteiger partial charge in [0, 0.05) is 6.42 Å². The van der Waals surface area contributed by atoms with Crippen molar-refractivity contribution < 1.29 is 9.53 Å². The zero-order valence-electron chi connectivity index (χ0n) is 7.02. The van der Waals surface area contributed by atoms with Crippen LogP contribution in [0.25, 0.3) is 0 Å². The van der Waals surface area contributed by atoms with Gasteiger partial charge in [-0.2, -0.15) is 0 Å². The molecule has 0 N–H and O–H groups in total. The molecule has 0 amide bonds. The summed E-state index contributed by atoms with van der Waals surface area (Å²) in [5, 5.41) is 0. The monoisotopic (exact) mass is 144 g/mol. The fourth-order valence-corrected chi connectivity index (χ4v) is 0.311. The van der Waals surface area contributed by atoms with E-state index in [9.17, 15) is 4.79 Å². The number of esters is 1. The Balaban J connectivity index is 0.000000172. The van der Waals surface area contributed by atoms with Gasteiger partial charge in [0.05, 0.1) is 7.11 Å². The third-order valence-electron chi connectivity index (χ3n) is 1.38. The minimum absolute atomic E-state index is 0.157.